The number of piperidine rings is 1. The molecule has 0 atom stereocenters. The molecule has 0 aromatic heterocycles. The fraction of sp³-hybridized carbons (Fsp3) is 0.846. The summed E-state index contributed by atoms with van der Waals surface area (Å²) in [6.45, 7) is 4.44. The van der Waals surface area contributed by atoms with Gasteiger partial charge in [0.15, 0.2) is 0 Å². The molecule has 0 bridgehead atoms. The number of nitrogens with zero attached hydrogens (tertiary/aromatic N) is 1. The minimum absolute atomic E-state index is 0.189. The normalized spacial score (nSPS) is 18.2. The van der Waals surface area contributed by atoms with Crippen LogP contribution < -0.4 is 5.32 Å². The summed E-state index contributed by atoms with van der Waals surface area (Å²) in [4.78, 5) is 25.1. The van der Waals surface area contributed by atoms with Gasteiger partial charge in [-0.05, 0) is 32.4 Å². The lowest BCUT2D eigenvalue weighted by Crippen LogP contribution is -2.46. The number of rotatable bonds is 5. The third-order valence-corrected chi connectivity index (χ3v) is 3.67. The molecule has 1 aliphatic heterocycles. The van der Waals surface area contributed by atoms with Gasteiger partial charge >= 0.3 is 5.97 Å². The molecule has 1 N–H and O–H groups in total. The van der Waals surface area contributed by atoms with Crippen molar-refractivity contribution in [3.63, 3.8) is 0 Å². The van der Waals surface area contributed by atoms with Gasteiger partial charge in [-0.15, -0.1) is 0 Å². The first-order chi connectivity index (χ1) is 8.49. The molecule has 5 nitrogen and oxygen atoms in total. The number of amides is 1. The van der Waals surface area contributed by atoms with Gasteiger partial charge in [-0.25, -0.2) is 0 Å². The van der Waals surface area contributed by atoms with Gasteiger partial charge in [0, 0.05) is 25.4 Å². The quantitative estimate of drug-likeness (QED) is 0.739. The van der Waals surface area contributed by atoms with Gasteiger partial charge in [0.2, 0.25) is 5.91 Å². The van der Waals surface area contributed by atoms with Gasteiger partial charge in [0.05, 0.1) is 7.11 Å². The van der Waals surface area contributed by atoms with Crippen LogP contribution in [0.15, 0.2) is 0 Å². The van der Waals surface area contributed by atoms with E-state index in [1.165, 1.54) is 7.11 Å². The van der Waals surface area contributed by atoms with Gasteiger partial charge in [-0.1, -0.05) is 6.92 Å². The van der Waals surface area contributed by atoms with Crippen molar-refractivity contribution in [2.24, 2.45) is 5.41 Å². The lowest BCUT2D eigenvalue weighted by molar-refractivity contribution is -0.143. The largest absolute Gasteiger partial charge is 0.469 e. The van der Waals surface area contributed by atoms with Gasteiger partial charge in [-0.3, -0.25) is 9.59 Å². The van der Waals surface area contributed by atoms with Gasteiger partial charge in [0.25, 0.3) is 0 Å². The van der Waals surface area contributed by atoms with Crippen LogP contribution in [0.4, 0.5) is 0 Å². The average molecular weight is 256 g/mol. The number of ether oxygens (including phenoxy) is 1. The van der Waals surface area contributed by atoms with E-state index in [1.807, 2.05) is 14.0 Å². The molecule has 1 amide bonds. The lowest BCUT2D eigenvalue weighted by atomic mass is 9.79. The van der Waals surface area contributed by atoms with Crippen LogP contribution in [0.3, 0.4) is 0 Å². The summed E-state index contributed by atoms with van der Waals surface area (Å²) < 4.78 is 4.58. The van der Waals surface area contributed by atoms with Crippen molar-refractivity contribution in [2.45, 2.75) is 32.6 Å². The zero-order valence-corrected chi connectivity index (χ0v) is 11.6. The van der Waals surface area contributed by atoms with Crippen molar-refractivity contribution in [3.05, 3.63) is 0 Å². The Morgan fingerprint density at radius 1 is 1.33 bits per heavy atom. The summed E-state index contributed by atoms with van der Waals surface area (Å²) in [6, 6.07) is 0. The summed E-state index contributed by atoms with van der Waals surface area (Å²) in [5, 5.41) is 3.27. The molecule has 18 heavy (non-hydrogen) atoms. The molecule has 0 unspecified atom stereocenters. The molecule has 1 saturated heterocycles. The van der Waals surface area contributed by atoms with Crippen molar-refractivity contribution in [3.8, 4) is 0 Å². The summed E-state index contributed by atoms with van der Waals surface area (Å²) in [6.07, 6.45) is 2.79. The molecule has 1 fully saturated rings. The molecule has 1 aliphatic rings. The molecule has 0 spiro atoms. The topological polar surface area (TPSA) is 58.6 Å². The minimum atomic E-state index is -0.245. The molecule has 0 aliphatic carbocycles. The van der Waals surface area contributed by atoms with Crippen LogP contribution in [0, 0.1) is 5.41 Å². The monoisotopic (exact) mass is 256 g/mol. The second-order valence-electron chi connectivity index (χ2n) is 5.22. The van der Waals surface area contributed by atoms with Gasteiger partial charge in [0.1, 0.15) is 0 Å². The number of nitrogens with one attached hydrogen (secondary N) is 1. The summed E-state index contributed by atoms with van der Waals surface area (Å²) in [5.41, 5.74) is -0.245. The van der Waals surface area contributed by atoms with E-state index in [4.69, 9.17) is 0 Å². The molecule has 1 rings (SSSR count). The van der Waals surface area contributed by atoms with Crippen LogP contribution in [0.5, 0.6) is 0 Å². The zero-order valence-electron chi connectivity index (χ0n) is 11.6. The van der Waals surface area contributed by atoms with Crippen molar-refractivity contribution < 1.29 is 14.3 Å². The number of hydrogen-bond donors (Lipinski definition) is 1. The number of methoxy groups -OCH3 is 1. The Hall–Kier alpha value is -1.10. The summed E-state index contributed by atoms with van der Waals surface area (Å²) >= 11 is 0. The van der Waals surface area contributed by atoms with E-state index < -0.39 is 0 Å². The second-order valence-corrected chi connectivity index (χ2v) is 5.22. The van der Waals surface area contributed by atoms with Crippen LogP contribution in [-0.4, -0.2) is 50.6 Å². The van der Waals surface area contributed by atoms with Crippen LogP contribution in [0.25, 0.3) is 0 Å². The maximum atomic E-state index is 12.3. The highest BCUT2D eigenvalue weighted by Crippen LogP contribution is 2.29. The number of carbonyl (C=O) groups excluding carboxylic acids is 2. The standard InChI is InChI=1S/C13H24N2O3/c1-13(6-8-14-9-7-13)12(17)15(2)10-4-5-11(16)18-3/h14H,4-10H2,1-3H3. The van der Waals surface area contributed by atoms with Gasteiger partial charge < -0.3 is 15.0 Å². The maximum Gasteiger partial charge on any atom is 0.305 e. The van der Waals surface area contributed by atoms with E-state index in [9.17, 15) is 9.59 Å². The Kier molecular flexibility index (Phi) is 5.59. The predicted octanol–water partition coefficient (Wildman–Crippen LogP) is 0.788. The lowest BCUT2D eigenvalue weighted by Gasteiger charge is -2.36. The fourth-order valence-corrected chi connectivity index (χ4v) is 2.32. The van der Waals surface area contributed by atoms with Crippen LogP contribution in [-0.2, 0) is 14.3 Å². The Morgan fingerprint density at radius 3 is 2.50 bits per heavy atom. The van der Waals surface area contributed by atoms with Crippen molar-refractivity contribution in [1.82, 2.24) is 10.2 Å². The van der Waals surface area contributed by atoms with Crippen molar-refractivity contribution in [1.29, 1.82) is 0 Å². The van der Waals surface area contributed by atoms with E-state index in [-0.39, 0.29) is 17.3 Å². The van der Waals surface area contributed by atoms with Crippen LogP contribution in [0.1, 0.15) is 32.6 Å². The molecular formula is C13H24N2O3. The van der Waals surface area contributed by atoms with Gasteiger partial charge in [-0.2, -0.15) is 0 Å². The summed E-state index contributed by atoms with van der Waals surface area (Å²) in [7, 11) is 3.19. The molecule has 0 aromatic rings. The second kappa shape index (κ2) is 6.73. The maximum absolute atomic E-state index is 12.3. The molecule has 104 valence electrons. The molecule has 5 heteroatoms. The molecule has 0 saturated carbocycles. The van der Waals surface area contributed by atoms with Crippen LogP contribution in [0.2, 0.25) is 0 Å². The Balaban J connectivity index is 2.38. The van der Waals surface area contributed by atoms with E-state index in [0.29, 0.717) is 19.4 Å². The number of carbonyl (C=O) groups is 2. The third kappa shape index (κ3) is 3.98. The van der Waals surface area contributed by atoms with E-state index >= 15 is 0 Å². The molecule has 1 heterocycles. The van der Waals surface area contributed by atoms with Crippen molar-refractivity contribution >= 4 is 11.9 Å². The zero-order chi connectivity index (χ0) is 13.6. The van der Waals surface area contributed by atoms with Crippen molar-refractivity contribution in [2.75, 3.05) is 33.8 Å². The smallest absolute Gasteiger partial charge is 0.305 e. The first kappa shape index (κ1) is 15.0. The highest BCUT2D eigenvalue weighted by molar-refractivity contribution is 5.82. The minimum Gasteiger partial charge on any atom is -0.469 e. The first-order valence-electron chi connectivity index (χ1n) is 6.53. The Bertz CT molecular complexity index is 299. The van der Waals surface area contributed by atoms with Crippen LogP contribution >= 0.6 is 0 Å². The SMILES string of the molecule is COC(=O)CCCN(C)C(=O)C1(C)CCNCC1. The average Bonchev–Trinajstić information content (AvgIpc) is 2.38. The molecular weight excluding hydrogens is 232 g/mol. The Labute approximate surface area is 109 Å². The number of esters is 1. The Morgan fingerprint density at radius 2 is 1.94 bits per heavy atom. The first-order valence-corrected chi connectivity index (χ1v) is 6.53. The molecule has 0 radical (unpaired) electrons. The van der Waals surface area contributed by atoms with E-state index in [0.717, 1.165) is 25.9 Å². The third-order valence-electron chi connectivity index (χ3n) is 3.67. The molecule has 0 aromatic carbocycles. The number of hydrogen-bond acceptors (Lipinski definition) is 4. The highest BCUT2D eigenvalue weighted by atomic mass is 16.5. The highest BCUT2D eigenvalue weighted by Gasteiger charge is 2.36. The summed E-state index contributed by atoms with van der Waals surface area (Å²) in [5.74, 6) is -0.0298. The predicted molar refractivity (Wildman–Crippen MR) is 69.1 cm³/mol. The van der Waals surface area contributed by atoms with E-state index in [1.54, 1.807) is 4.90 Å². The fourth-order valence-electron chi connectivity index (χ4n) is 2.32. The van der Waals surface area contributed by atoms with E-state index in [2.05, 4.69) is 10.1 Å².